The van der Waals surface area contributed by atoms with Crippen LogP contribution in [0.5, 0.6) is 0 Å². The van der Waals surface area contributed by atoms with E-state index in [9.17, 15) is 9.90 Å². The van der Waals surface area contributed by atoms with Gasteiger partial charge in [0, 0.05) is 18.5 Å². The number of rotatable bonds is 5. The number of aryl methyl sites for hydroxylation is 1. The summed E-state index contributed by atoms with van der Waals surface area (Å²) in [6.07, 6.45) is 2.57. The Morgan fingerprint density at radius 2 is 2.04 bits per heavy atom. The van der Waals surface area contributed by atoms with Crippen molar-refractivity contribution in [1.82, 2.24) is 9.88 Å². The normalized spacial score (nSPS) is 17.0. The zero-order chi connectivity index (χ0) is 16.9. The number of carbonyl (C=O) groups excluding carboxylic acids is 1. The topological polar surface area (TPSA) is 53.4 Å². The third-order valence-electron chi connectivity index (χ3n) is 4.71. The molecule has 1 saturated heterocycles. The van der Waals surface area contributed by atoms with E-state index >= 15 is 0 Å². The first-order valence-electron chi connectivity index (χ1n) is 8.61. The lowest BCUT2D eigenvalue weighted by atomic mass is 9.87. The van der Waals surface area contributed by atoms with Gasteiger partial charge in [-0.2, -0.15) is 0 Å². The van der Waals surface area contributed by atoms with Crippen molar-refractivity contribution < 1.29 is 9.90 Å². The Hall–Kier alpha value is -1.72. The molecule has 128 valence electrons. The van der Waals surface area contributed by atoms with Gasteiger partial charge in [-0.25, -0.2) is 4.98 Å². The van der Waals surface area contributed by atoms with Crippen LogP contribution in [-0.4, -0.2) is 34.0 Å². The van der Waals surface area contributed by atoms with Gasteiger partial charge in [-0.1, -0.05) is 37.3 Å². The quantitative estimate of drug-likeness (QED) is 0.906. The monoisotopic (exact) mass is 344 g/mol. The van der Waals surface area contributed by atoms with Gasteiger partial charge in [0.1, 0.15) is 0 Å². The molecule has 1 unspecified atom stereocenters. The third-order valence-corrected chi connectivity index (χ3v) is 5.76. The summed E-state index contributed by atoms with van der Waals surface area (Å²) in [5, 5.41) is 13.6. The van der Waals surface area contributed by atoms with E-state index in [1.165, 1.54) is 0 Å². The van der Waals surface area contributed by atoms with Crippen molar-refractivity contribution in [3.8, 4) is 0 Å². The van der Waals surface area contributed by atoms with Crippen LogP contribution in [-0.2, 0) is 17.6 Å². The minimum absolute atomic E-state index is 0.149. The van der Waals surface area contributed by atoms with E-state index in [-0.39, 0.29) is 11.8 Å². The lowest BCUT2D eigenvalue weighted by Crippen LogP contribution is -2.40. The highest BCUT2D eigenvalue weighted by Crippen LogP contribution is 2.30. The Morgan fingerprint density at radius 1 is 1.33 bits per heavy atom. The number of carbonyl (C=O) groups is 1. The van der Waals surface area contributed by atoms with Crippen LogP contribution in [0, 0.1) is 5.92 Å². The van der Waals surface area contributed by atoms with E-state index < -0.39 is 6.10 Å². The standard InChI is InChI=1S/C19H24N2O2S/c1-2-17-20-16(13-24-17)12-18(22)21-10-8-15(9-11-21)19(23)14-6-4-3-5-7-14/h3-7,13,15,19,23H,2,8-12H2,1H3. The van der Waals surface area contributed by atoms with E-state index in [1.54, 1.807) is 11.3 Å². The first-order chi connectivity index (χ1) is 11.7. The Kier molecular flexibility index (Phi) is 5.63. The predicted molar refractivity (Wildman–Crippen MR) is 95.9 cm³/mol. The van der Waals surface area contributed by atoms with Crippen LogP contribution in [0.4, 0.5) is 0 Å². The van der Waals surface area contributed by atoms with Gasteiger partial charge in [0.15, 0.2) is 0 Å². The van der Waals surface area contributed by atoms with Crippen molar-refractivity contribution in [3.05, 3.63) is 52.0 Å². The van der Waals surface area contributed by atoms with Crippen LogP contribution in [0.25, 0.3) is 0 Å². The lowest BCUT2D eigenvalue weighted by molar-refractivity contribution is -0.132. The summed E-state index contributed by atoms with van der Waals surface area (Å²) in [4.78, 5) is 18.8. The fourth-order valence-electron chi connectivity index (χ4n) is 3.25. The minimum atomic E-state index is -0.436. The number of piperidine rings is 1. The molecule has 2 heterocycles. The number of hydrogen-bond acceptors (Lipinski definition) is 4. The van der Waals surface area contributed by atoms with Gasteiger partial charge in [0.2, 0.25) is 5.91 Å². The van der Waals surface area contributed by atoms with E-state index in [1.807, 2.05) is 40.6 Å². The first kappa shape index (κ1) is 17.1. The Balaban J connectivity index is 1.52. The second-order valence-electron chi connectivity index (χ2n) is 6.34. The van der Waals surface area contributed by atoms with E-state index in [2.05, 4.69) is 11.9 Å². The van der Waals surface area contributed by atoms with Gasteiger partial charge in [0.25, 0.3) is 0 Å². The summed E-state index contributed by atoms with van der Waals surface area (Å²) >= 11 is 1.63. The highest BCUT2D eigenvalue weighted by molar-refractivity contribution is 7.09. The minimum Gasteiger partial charge on any atom is -0.388 e. The number of likely N-dealkylation sites (tertiary alicyclic amines) is 1. The fourth-order valence-corrected chi connectivity index (χ4v) is 3.99. The zero-order valence-corrected chi connectivity index (χ0v) is 14.8. The van der Waals surface area contributed by atoms with Crippen molar-refractivity contribution in [2.24, 2.45) is 5.92 Å². The molecule has 4 nitrogen and oxygen atoms in total. The Labute approximate surface area is 147 Å². The Bertz CT molecular complexity index is 663. The lowest BCUT2D eigenvalue weighted by Gasteiger charge is -2.34. The zero-order valence-electron chi connectivity index (χ0n) is 14.0. The van der Waals surface area contributed by atoms with Crippen LogP contribution >= 0.6 is 11.3 Å². The van der Waals surface area contributed by atoms with Crippen molar-refractivity contribution >= 4 is 17.2 Å². The number of aliphatic hydroxyl groups is 1. The molecule has 1 N–H and O–H groups in total. The molecule has 1 aromatic heterocycles. The van der Waals surface area contributed by atoms with Gasteiger partial charge < -0.3 is 10.0 Å². The first-order valence-corrected chi connectivity index (χ1v) is 9.49. The number of aromatic nitrogens is 1. The summed E-state index contributed by atoms with van der Waals surface area (Å²) in [6, 6.07) is 9.80. The molecule has 5 heteroatoms. The summed E-state index contributed by atoms with van der Waals surface area (Å²) in [6.45, 7) is 3.52. The molecule has 2 aromatic rings. The van der Waals surface area contributed by atoms with E-state index in [0.717, 1.165) is 48.6 Å². The van der Waals surface area contributed by atoms with E-state index in [0.29, 0.717) is 6.42 Å². The van der Waals surface area contributed by atoms with Gasteiger partial charge in [-0.05, 0) is 30.7 Å². The predicted octanol–water partition coefficient (Wildman–Crippen LogP) is 3.22. The fraction of sp³-hybridized carbons (Fsp3) is 0.474. The molecular formula is C19H24N2O2S. The molecule has 1 aliphatic heterocycles. The second kappa shape index (κ2) is 7.90. The molecule has 1 atom stereocenters. The largest absolute Gasteiger partial charge is 0.388 e. The molecule has 0 spiro atoms. The van der Waals surface area contributed by atoms with Gasteiger partial charge in [0.05, 0.1) is 23.2 Å². The average molecular weight is 344 g/mol. The molecule has 1 aliphatic rings. The highest BCUT2D eigenvalue weighted by atomic mass is 32.1. The van der Waals surface area contributed by atoms with Gasteiger partial charge in [-0.3, -0.25) is 4.79 Å². The van der Waals surface area contributed by atoms with Crippen LogP contribution < -0.4 is 0 Å². The van der Waals surface area contributed by atoms with Crippen molar-refractivity contribution in [1.29, 1.82) is 0 Å². The molecule has 0 saturated carbocycles. The Morgan fingerprint density at radius 3 is 2.67 bits per heavy atom. The summed E-state index contributed by atoms with van der Waals surface area (Å²) < 4.78 is 0. The molecule has 24 heavy (non-hydrogen) atoms. The van der Waals surface area contributed by atoms with Crippen LogP contribution in [0.1, 0.15) is 42.1 Å². The van der Waals surface area contributed by atoms with Crippen LogP contribution in [0.15, 0.2) is 35.7 Å². The summed E-state index contributed by atoms with van der Waals surface area (Å²) in [5.41, 5.74) is 1.85. The van der Waals surface area contributed by atoms with Crippen LogP contribution in [0.3, 0.4) is 0 Å². The van der Waals surface area contributed by atoms with Crippen LogP contribution in [0.2, 0.25) is 0 Å². The molecule has 0 bridgehead atoms. The SMILES string of the molecule is CCc1nc(CC(=O)N2CCC(C(O)c3ccccc3)CC2)cs1. The number of nitrogens with zero attached hydrogens (tertiary/aromatic N) is 2. The highest BCUT2D eigenvalue weighted by Gasteiger charge is 2.28. The molecule has 1 amide bonds. The maximum Gasteiger partial charge on any atom is 0.228 e. The second-order valence-corrected chi connectivity index (χ2v) is 7.28. The molecule has 3 rings (SSSR count). The average Bonchev–Trinajstić information content (AvgIpc) is 3.09. The van der Waals surface area contributed by atoms with Crippen molar-refractivity contribution in [3.63, 3.8) is 0 Å². The van der Waals surface area contributed by atoms with Crippen molar-refractivity contribution in [2.75, 3.05) is 13.1 Å². The molecule has 1 aromatic carbocycles. The number of hydrogen-bond donors (Lipinski definition) is 1. The molecule has 0 radical (unpaired) electrons. The number of amides is 1. The number of aliphatic hydroxyl groups excluding tert-OH is 1. The van der Waals surface area contributed by atoms with Gasteiger partial charge >= 0.3 is 0 Å². The molecular weight excluding hydrogens is 320 g/mol. The third kappa shape index (κ3) is 4.02. The summed E-state index contributed by atoms with van der Waals surface area (Å²) in [7, 11) is 0. The maximum absolute atomic E-state index is 12.4. The maximum atomic E-state index is 12.4. The smallest absolute Gasteiger partial charge is 0.228 e. The molecule has 1 fully saturated rings. The number of benzene rings is 1. The van der Waals surface area contributed by atoms with Gasteiger partial charge in [-0.15, -0.1) is 11.3 Å². The summed E-state index contributed by atoms with van der Waals surface area (Å²) in [5.74, 6) is 0.373. The van der Waals surface area contributed by atoms with Crippen molar-refractivity contribution in [2.45, 2.75) is 38.7 Å². The molecule has 0 aliphatic carbocycles. The van der Waals surface area contributed by atoms with E-state index in [4.69, 9.17) is 0 Å². The number of thiazole rings is 1.